The van der Waals surface area contributed by atoms with E-state index in [2.05, 4.69) is 26.1 Å². The molecule has 1 aliphatic carbocycles. The molecule has 0 aromatic heterocycles. The maximum atomic E-state index is 11.1. The van der Waals surface area contributed by atoms with E-state index in [-0.39, 0.29) is 11.3 Å². The predicted molar refractivity (Wildman–Crippen MR) is 56.4 cm³/mol. The van der Waals surface area contributed by atoms with Gasteiger partial charge in [0.05, 0.1) is 0 Å². The molecule has 0 aromatic carbocycles. The van der Waals surface area contributed by atoms with Gasteiger partial charge in [0.1, 0.15) is 5.54 Å². The first-order valence-electron chi connectivity index (χ1n) is 5.19. The largest absolute Gasteiger partial charge is 0.480 e. The fraction of sp³-hybridized carbons (Fsp3) is 0.818. The Morgan fingerprint density at radius 2 is 1.80 bits per heavy atom. The lowest BCUT2D eigenvalue weighted by atomic mass is 9.59. The zero-order valence-corrected chi connectivity index (χ0v) is 9.76. The van der Waals surface area contributed by atoms with Crippen molar-refractivity contribution in [2.75, 3.05) is 0 Å². The summed E-state index contributed by atoms with van der Waals surface area (Å²) >= 11 is 0. The van der Waals surface area contributed by atoms with Crippen LogP contribution in [0.5, 0.6) is 0 Å². The zero-order valence-electron chi connectivity index (χ0n) is 9.76. The second kappa shape index (κ2) is 3.51. The number of rotatable bonds is 2. The van der Waals surface area contributed by atoms with E-state index in [1.165, 1.54) is 6.92 Å². The number of hydrogen-bond acceptors (Lipinski definition) is 2. The number of carbonyl (C=O) groups excluding carboxylic acids is 1. The molecule has 1 amide bonds. The molecule has 0 bridgehead atoms. The highest BCUT2D eigenvalue weighted by atomic mass is 16.4. The minimum atomic E-state index is -1.01. The topological polar surface area (TPSA) is 66.4 Å². The van der Waals surface area contributed by atoms with Gasteiger partial charge >= 0.3 is 5.97 Å². The Morgan fingerprint density at radius 3 is 2.07 bits per heavy atom. The fourth-order valence-electron chi connectivity index (χ4n) is 2.06. The van der Waals surface area contributed by atoms with Crippen LogP contribution in [0, 0.1) is 11.3 Å². The van der Waals surface area contributed by atoms with Crippen molar-refractivity contribution in [1.82, 2.24) is 5.32 Å². The summed E-state index contributed by atoms with van der Waals surface area (Å²) < 4.78 is 0. The van der Waals surface area contributed by atoms with Crippen LogP contribution >= 0.6 is 0 Å². The summed E-state index contributed by atoms with van der Waals surface area (Å²) in [5.41, 5.74) is -0.902. The Bertz CT molecular complexity index is 285. The third kappa shape index (κ3) is 2.30. The van der Waals surface area contributed by atoms with Gasteiger partial charge in [-0.1, -0.05) is 20.8 Å². The second-order valence-electron chi connectivity index (χ2n) is 5.54. The predicted octanol–water partition coefficient (Wildman–Crippen LogP) is 1.40. The third-order valence-electron chi connectivity index (χ3n) is 3.24. The van der Waals surface area contributed by atoms with E-state index in [1.54, 1.807) is 0 Å². The van der Waals surface area contributed by atoms with Crippen molar-refractivity contribution in [1.29, 1.82) is 0 Å². The molecule has 0 spiro atoms. The average molecular weight is 213 g/mol. The van der Waals surface area contributed by atoms with Crippen molar-refractivity contribution in [3.05, 3.63) is 0 Å². The molecule has 0 saturated heterocycles. The van der Waals surface area contributed by atoms with E-state index in [0.717, 1.165) is 0 Å². The lowest BCUT2D eigenvalue weighted by molar-refractivity contribution is -0.156. The van der Waals surface area contributed by atoms with Crippen LogP contribution in [0.25, 0.3) is 0 Å². The normalized spacial score (nSPS) is 30.5. The molecule has 0 aliphatic heterocycles. The Balaban J connectivity index is 2.69. The maximum absolute atomic E-state index is 11.1. The maximum Gasteiger partial charge on any atom is 0.329 e. The molecule has 4 heteroatoms. The number of hydrogen-bond donors (Lipinski definition) is 2. The van der Waals surface area contributed by atoms with Crippen LogP contribution in [0.2, 0.25) is 0 Å². The molecule has 0 unspecified atom stereocenters. The number of aliphatic carboxylic acids is 1. The summed E-state index contributed by atoms with van der Waals surface area (Å²) in [6.07, 6.45) is 1.07. The third-order valence-corrected chi connectivity index (χ3v) is 3.24. The molecule has 1 rings (SSSR count). The summed E-state index contributed by atoms with van der Waals surface area (Å²) in [7, 11) is 0. The van der Waals surface area contributed by atoms with Crippen LogP contribution < -0.4 is 5.32 Å². The summed E-state index contributed by atoms with van der Waals surface area (Å²) in [6.45, 7) is 7.64. The van der Waals surface area contributed by atoms with Crippen LogP contribution in [0.15, 0.2) is 0 Å². The molecular formula is C11H19NO3. The van der Waals surface area contributed by atoms with Crippen LogP contribution in [0.1, 0.15) is 40.5 Å². The summed E-state index contributed by atoms with van der Waals surface area (Å²) in [6, 6.07) is 0. The molecule has 1 saturated carbocycles. The van der Waals surface area contributed by atoms with Crippen LogP contribution in [-0.4, -0.2) is 22.5 Å². The standard InChI is InChI=1S/C11H19NO3/c1-7(13)12-11(9(14)15)5-8(6-11)10(2,3)4/h8H,5-6H2,1-4H3,(H,12,13)(H,14,15). The van der Waals surface area contributed by atoms with Gasteiger partial charge in [0.15, 0.2) is 0 Å². The van der Waals surface area contributed by atoms with E-state index in [9.17, 15) is 9.59 Å². The van der Waals surface area contributed by atoms with Gasteiger partial charge in [-0.15, -0.1) is 0 Å². The van der Waals surface area contributed by atoms with Gasteiger partial charge in [-0.2, -0.15) is 0 Å². The summed E-state index contributed by atoms with van der Waals surface area (Å²) in [5.74, 6) is -0.830. The molecule has 2 N–H and O–H groups in total. The van der Waals surface area contributed by atoms with Crippen molar-refractivity contribution in [2.24, 2.45) is 11.3 Å². The monoisotopic (exact) mass is 213 g/mol. The Hall–Kier alpha value is -1.06. The second-order valence-corrected chi connectivity index (χ2v) is 5.54. The molecule has 1 aliphatic rings. The first-order valence-corrected chi connectivity index (χ1v) is 5.19. The molecule has 0 heterocycles. The van der Waals surface area contributed by atoms with Gasteiger partial charge in [0.2, 0.25) is 5.91 Å². The highest BCUT2D eigenvalue weighted by molar-refractivity contribution is 5.87. The van der Waals surface area contributed by atoms with Crippen molar-refractivity contribution in [3.8, 4) is 0 Å². The van der Waals surface area contributed by atoms with E-state index in [0.29, 0.717) is 18.8 Å². The van der Waals surface area contributed by atoms with Gasteiger partial charge in [-0.25, -0.2) is 4.79 Å². The molecule has 4 nitrogen and oxygen atoms in total. The molecule has 0 atom stereocenters. The number of carboxylic acids is 1. The Kier molecular flexibility index (Phi) is 2.81. The minimum absolute atomic E-state index is 0.109. The zero-order chi connectivity index (χ0) is 11.9. The van der Waals surface area contributed by atoms with Gasteiger partial charge in [0, 0.05) is 6.92 Å². The minimum Gasteiger partial charge on any atom is -0.480 e. The number of amides is 1. The molecule has 0 aromatic rings. The van der Waals surface area contributed by atoms with Crippen molar-refractivity contribution in [3.63, 3.8) is 0 Å². The summed E-state index contributed by atoms with van der Waals surface area (Å²) in [4.78, 5) is 22.0. The quantitative estimate of drug-likeness (QED) is 0.728. The van der Waals surface area contributed by atoms with Gasteiger partial charge < -0.3 is 10.4 Å². The van der Waals surface area contributed by atoms with E-state index in [1.807, 2.05) is 0 Å². The van der Waals surface area contributed by atoms with Gasteiger partial charge in [-0.05, 0) is 24.2 Å². The smallest absolute Gasteiger partial charge is 0.329 e. The van der Waals surface area contributed by atoms with E-state index >= 15 is 0 Å². The SMILES string of the molecule is CC(=O)NC1(C(=O)O)CC(C(C)(C)C)C1. The lowest BCUT2D eigenvalue weighted by Gasteiger charge is -2.50. The van der Waals surface area contributed by atoms with Crippen molar-refractivity contribution in [2.45, 2.75) is 46.1 Å². The highest BCUT2D eigenvalue weighted by Gasteiger charge is 2.54. The van der Waals surface area contributed by atoms with Crippen molar-refractivity contribution >= 4 is 11.9 Å². The lowest BCUT2D eigenvalue weighted by Crippen LogP contribution is -2.64. The molecular weight excluding hydrogens is 194 g/mol. The van der Waals surface area contributed by atoms with E-state index < -0.39 is 11.5 Å². The van der Waals surface area contributed by atoms with Crippen LogP contribution in [-0.2, 0) is 9.59 Å². The van der Waals surface area contributed by atoms with Crippen molar-refractivity contribution < 1.29 is 14.7 Å². The highest BCUT2D eigenvalue weighted by Crippen LogP contribution is 2.47. The number of carboxylic acid groups (broad SMARTS) is 1. The van der Waals surface area contributed by atoms with Gasteiger partial charge in [0.25, 0.3) is 0 Å². The first kappa shape index (κ1) is 12.0. The molecule has 1 fully saturated rings. The fourth-order valence-corrected chi connectivity index (χ4v) is 2.06. The number of nitrogens with one attached hydrogen (secondary N) is 1. The average Bonchev–Trinajstić information content (AvgIpc) is 1.91. The van der Waals surface area contributed by atoms with Gasteiger partial charge in [-0.3, -0.25) is 4.79 Å². The Labute approximate surface area is 90.0 Å². The number of carbonyl (C=O) groups is 2. The first-order chi connectivity index (χ1) is 6.67. The van der Waals surface area contributed by atoms with Crippen LogP contribution in [0.4, 0.5) is 0 Å². The Morgan fingerprint density at radius 1 is 1.33 bits per heavy atom. The van der Waals surface area contributed by atoms with E-state index in [4.69, 9.17) is 5.11 Å². The molecule has 15 heavy (non-hydrogen) atoms. The summed E-state index contributed by atoms with van der Waals surface area (Å²) in [5, 5.41) is 11.7. The molecule has 86 valence electrons. The molecule has 0 radical (unpaired) electrons. The van der Waals surface area contributed by atoms with Crippen LogP contribution in [0.3, 0.4) is 0 Å².